The molecule has 2 aromatic rings. The predicted molar refractivity (Wildman–Crippen MR) is 102 cm³/mol. The quantitative estimate of drug-likeness (QED) is 0.430. The molecule has 1 fully saturated rings. The summed E-state index contributed by atoms with van der Waals surface area (Å²) >= 11 is 0. The number of carbonyl (C=O) groups is 2. The first-order chi connectivity index (χ1) is 13.4. The number of esters is 1. The molecule has 0 aromatic heterocycles. The van der Waals surface area contributed by atoms with Crippen molar-refractivity contribution in [2.75, 3.05) is 6.54 Å². The Balaban J connectivity index is 1.64. The fourth-order valence-corrected chi connectivity index (χ4v) is 3.41. The van der Waals surface area contributed by atoms with Gasteiger partial charge in [0.05, 0.1) is 16.9 Å². The molecular formula is C21H22N2O5. The molecule has 7 heteroatoms. The lowest BCUT2D eigenvalue weighted by Gasteiger charge is -2.25. The second-order valence-electron chi connectivity index (χ2n) is 6.97. The first-order valence-electron chi connectivity index (χ1n) is 9.16. The van der Waals surface area contributed by atoms with Crippen LogP contribution < -0.4 is 0 Å². The number of nitro benzene ring substituents is 1. The molecule has 3 rings (SSSR count). The highest BCUT2D eigenvalue weighted by atomic mass is 16.6. The van der Waals surface area contributed by atoms with Gasteiger partial charge in [0, 0.05) is 25.1 Å². The van der Waals surface area contributed by atoms with Crippen LogP contribution in [0.15, 0.2) is 54.6 Å². The third-order valence-electron chi connectivity index (χ3n) is 5.08. The normalized spacial score (nSPS) is 18.6. The number of nitrogens with zero attached hydrogens (tertiary/aromatic N) is 2. The van der Waals surface area contributed by atoms with Gasteiger partial charge in [0.2, 0.25) is 5.91 Å². The summed E-state index contributed by atoms with van der Waals surface area (Å²) in [5, 5.41) is 10.9. The molecule has 0 N–H and O–H groups in total. The number of hydrogen-bond donors (Lipinski definition) is 0. The van der Waals surface area contributed by atoms with Gasteiger partial charge in [-0.25, -0.2) is 0 Å². The molecule has 1 heterocycles. The second kappa shape index (κ2) is 8.21. The Morgan fingerprint density at radius 3 is 2.50 bits per heavy atom. The molecule has 2 aromatic carbocycles. The van der Waals surface area contributed by atoms with Crippen molar-refractivity contribution >= 4 is 17.6 Å². The molecule has 1 amide bonds. The molecule has 1 aliphatic rings. The van der Waals surface area contributed by atoms with Crippen molar-refractivity contribution in [3.63, 3.8) is 0 Å². The van der Waals surface area contributed by atoms with E-state index in [0.29, 0.717) is 12.1 Å². The number of nitro groups is 1. The largest absolute Gasteiger partial charge is 0.458 e. The van der Waals surface area contributed by atoms with Crippen molar-refractivity contribution in [3.8, 4) is 0 Å². The minimum Gasteiger partial charge on any atom is -0.458 e. The highest BCUT2D eigenvalue weighted by Crippen LogP contribution is 2.30. The van der Waals surface area contributed by atoms with Crippen LogP contribution in [0, 0.1) is 16.0 Å². The first-order valence-corrected chi connectivity index (χ1v) is 9.16. The van der Waals surface area contributed by atoms with E-state index in [-0.39, 0.29) is 24.1 Å². The van der Waals surface area contributed by atoms with Gasteiger partial charge < -0.3 is 9.64 Å². The maximum Gasteiger partial charge on any atom is 0.311 e. The smallest absolute Gasteiger partial charge is 0.311 e. The number of amides is 1. The number of benzene rings is 2. The predicted octanol–water partition coefficient (Wildman–Crippen LogP) is 3.81. The summed E-state index contributed by atoms with van der Waals surface area (Å²) in [6.45, 7) is 3.90. The summed E-state index contributed by atoms with van der Waals surface area (Å²) in [5.41, 5.74) is 1.50. The number of ether oxygens (including phenoxy) is 1. The molecule has 3 atom stereocenters. The van der Waals surface area contributed by atoms with Crippen LogP contribution in [-0.4, -0.2) is 28.2 Å². The molecule has 0 unspecified atom stereocenters. The molecule has 28 heavy (non-hydrogen) atoms. The van der Waals surface area contributed by atoms with Crippen LogP contribution in [0.5, 0.6) is 0 Å². The van der Waals surface area contributed by atoms with Gasteiger partial charge in [-0.2, -0.15) is 0 Å². The summed E-state index contributed by atoms with van der Waals surface area (Å²) in [5.74, 6) is -1.09. The maximum atomic E-state index is 12.6. The molecule has 0 aliphatic carbocycles. The summed E-state index contributed by atoms with van der Waals surface area (Å²) in [6.07, 6.45) is -0.527. The zero-order valence-electron chi connectivity index (χ0n) is 15.8. The minimum atomic E-state index is -0.636. The van der Waals surface area contributed by atoms with Gasteiger partial charge in [-0.15, -0.1) is 0 Å². The van der Waals surface area contributed by atoms with E-state index in [0.717, 1.165) is 5.56 Å². The van der Waals surface area contributed by atoms with Crippen molar-refractivity contribution in [3.05, 3.63) is 75.8 Å². The Morgan fingerprint density at radius 1 is 1.14 bits per heavy atom. The van der Waals surface area contributed by atoms with Crippen LogP contribution in [0.2, 0.25) is 0 Å². The molecule has 0 radical (unpaired) electrons. The van der Waals surface area contributed by atoms with Gasteiger partial charge in [-0.05, 0) is 25.0 Å². The Bertz CT molecular complexity index is 883. The van der Waals surface area contributed by atoms with Crippen LogP contribution in [0.25, 0.3) is 0 Å². The number of rotatable bonds is 6. The van der Waals surface area contributed by atoms with Gasteiger partial charge in [0.15, 0.2) is 0 Å². The van der Waals surface area contributed by atoms with Gasteiger partial charge in [0.25, 0.3) is 5.69 Å². The summed E-state index contributed by atoms with van der Waals surface area (Å²) in [7, 11) is 0. The Morgan fingerprint density at radius 2 is 1.82 bits per heavy atom. The van der Waals surface area contributed by atoms with Crippen LogP contribution in [0.1, 0.15) is 43.5 Å². The summed E-state index contributed by atoms with van der Waals surface area (Å²) in [6, 6.07) is 15.5. The zero-order chi connectivity index (χ0) is 20.3. The van der Waals surface area contributed by atoms with E-state index in [1.54, 1.807) is 24.0 Å². The number of carbonyl (C=O) groups excluding carboxylic acids is 2. The van der Waals surface area contributed by atoms with Gasteiger partial charge in [-0.3, -0.25) is 19.7 Å². The van der Waals surface area contributed by atoms with Crippen LogP contribution in [0.3, 0.4) is 0 Å². The maximum absolute atomic E-state index is 12.6. The van der Waals surface area contributed by atoms with Gasteiger partial charge >= 0.3 is 5.97 Å². The molecule has 1 aliphatic heterocycles. The lowest BCUT2D eigenvalue weighted by molar-refractivity contribution is -0.385. The Hall–Kier alpha value is -3.22. The van der Waals surface area contributed by atoms with E-state index in [1.165, 1.54) is 12.1 Å². The van der Waals surface area contributed by atoms with Crippen molar-refractivity contribution in [2.45, 2.75) is 32.4 Å². The van der Waals surface area contributed by atoms with Crippen molar-refractivity contribution in [1.29, 1.82) is 0 Å². The lowest BCUT2D eigenvalue weighted by atomic mass is 10.1. The van der Waals surface area contributed by atoms with E-state index in [4.69, 9.17) is 4.74 Å². The third kappa shape index (κ3) is 4.19. The van der Waals surface area contributed by atoms with Crippen LogP contribution in [0.4, 0.5) is 5.69 Å². The summed E-state index contributed by atoms with van der Waals surface area (Å²) < 4.78 is 5.50. The average molecular weight is 382 g/mol. The minimum absolute atomic E-state index is 0.0562. The molecule has 7 nitrogen and oxygen atoms in total. The van der Waals surface area contributed by atoms with E-state index in [1.807, 2.05) is 37.3 Å². The first kappa shape index (κ1) is 19.5. The monoisotopic (exact) mass is 382 g/mol. The molecule has 0 saturated carbocycles. The Labute approximate surface area is 163 Å². The third-order valence-corrected chi connectivity index (χ3v) is 5.08. The van der Waals surface area contributed by atoms with E-state index < -0.39 is 22.9 Å². The lowest BCUT2D eigenvalue weighted by Crippen LogP contribution is -2.29. The van der Waals surface area contributed by atoms with E-state index >= 15 is 0 Å². The second-order valence-corrected chi connectivity index (χ2v) is 6.97. The molecule has 1 saturated heterocycles. The van der Waals surface area contributed by atoms with Gasteiger partial charge in [-0.1, -0.05) is 42.5 Å². The molecule has 146 valence electrons. The highest BCUT2D eigenvalue weighted by molar-refractivity contribution is 5.87. The number of hydrogen-bond acceptors (Lipinski definition) is 5. The zero-order valence-corrected chi connectivity index (χ0v) is 15.8. The number of non-ortho nitro benzene ring substituents is 1. The standard InChI is InChI=1S/C21H22N2O5/c1-14(16-7-4-3-5-8-16)22-13-18(12-20(22)24)21(25)28-15(2)17-9-6-10-19(11-17)23(26)27/h3-11,14-15,18H,12-13H2,1-2H3/t14-,15-,18-/m0/s1. The molecule has 0 bridgehead atoms. The van der Waals surface area contributed by atoms with Crippen molar-refractivity contribution in [2.24, 2.45) is 5.92 Å². The van der Waals surface area contributed by atoms with Crippen LogP contribution in [-0.2, 0) is 14.3 Å². The average Bonchev–Trinajstić information content (AvgIpc) is 3.10. The SMILES string of the molecule is C[C@H](OC(=O)[C@H]1CC(=O)N([C@@H](C)c2ccccc2)C1)c1cccc([N+](=O)[O-])c1. The number of likely N-dealkylation sites (tertiary alicyclic amines) is 1. The van der Waals surface area contributed by atoms with Crippen molar-refractivity contribution in [1.82, 2.24) is 4.90 Å². The Kier molecular flexibility index (Phi) is 5.73. The van der Waals surface area contributed by atoms with E-state index in [9.17, 15) is 19.7 Å². The molecule has 0 spiro atoms. The fraction of sp³-hybridized carbons (Fsp3) is 0.333. The van der Waals surface area contributed by atoms with Crippen LogP contribution >= 0.6 is 0 Å². The van der Waals surface area contributed by atoms with Crippen molar-refractivity contribution < 1.29 is 19.2 Å². The summed E-state index contributed by atoms with van der Waals surface area (Å²) in [4.78, 5) is 37.1. The van der Waals surface area contributed by atoms with E-state index in [2.05, 4.69) is 0 Å². The van der Waals surface area contributed by atoms with Gasteiger partial charge in [0.1, 0.15) is 6.10 Å². The highest BCUT2D eigenvalue weighted by Gasteiger charge is 2.38. The molecular weight excluding hydrogens is 360 g/mol. The fourth-order valence-electron chi connectivity index (χ4n) is 3.41. The topological polar surface area (TPSA) is 89.8 Å².